The summed E-state index contributed by atoms with van der Waals surface area (Å²) >= 11 is 0. The Kier molecular flexibility index (Phi) is 3.85. The predicted molar refractivity (Wildman–Crippen MR) is 70.7 cm³/mol. The van der Waals surface area contributed by atoms with Crippen molar-refractivity contribution in [3.8, 4) is 0 Å². The molecule has 0 spiro atoms. The highest BCUT2D eigenvalue weighted by Gasteiger charge is 2.31. The lowest BCUT2D eigenvalue weighted by Crippen LogP contribution is -2.44. The number of benzene rings is 1. The number of rotatable bonds is 3. The second kappa shape index (κ2) is 5.19. The molecule has 1 atom stereocenters. The average molecular weight is 233 g/mol. The molecule has 2 nitrogen and oxygen atoms in total. The zero-order chi connectivity index (χ0) is 12.3. The van der Waals surface area contributed by atoms with Crippen molar-refractivity contribution in [2.24, 2.45) is 5.92 Å². The first kappa shape index (κ1) is 12.6. The van der Waals surface area contributed by atoms with E-state index in [1.54, 1.807) is 0 Å². The molecule has 0 radical (unpaired) electrons. The van der Waals surface area contributed by atoms with Gasteiger partial charge in [-0.3, -0.25) is 4.90 Å². The van der Waals surface area contributed by atoms with E-state index in [1.165, 1.54) is 12.0 Å². The molecule has 1 aromatic carbocycles. The topological polar surface area (TPSA) is 23.5 Å². The van der Waals surface area contributed by atoms with Crippen molar-refractivity contribution in [1.29, 1.82) is 0 Å². The average Bonchev–Trinajstić information content (AvgIpc) is 2.29. The first-order valence-electron chi connectivity index (χ1n) is 6.54. The van der Waals surface area contributed by atoms with E-state index in [1.807, 2.05) is 13.8 Å². The third-order valence-electron chi connectivity index (χ3n) is 3.75. The molecule has 1 aliphatic heterocycles. The first-order chi connectivity index (χ1) is 8.05. The lowest BCUT2D eigenvalue weighted by molar-refractivity contribution is -0.0198. The van der Waals surface area contributed by atoms with Crippen LogP contribution in [0.2, 0.25) is 0 Å². The molecule has 2 heteroatoms. The van der Waals surface area contributed by atoms with Gasteiger partial charge in [0, 0.05) is 13.1 Å². The third-order valence-corrected chi connectivity index (χ3v) is 3.75. The normalized spacial score (nSPS) is 22.6. The molecule has 1 saturated heterocycles. The number of aliphatic hydroxyl groups is 1. The van der Waals surface area contributed by atoms with E-state index in [-0.39, 0.29) is 0 Å². The minimum atomic E-state index is -0.546. The summed E-state index contributed by atoms with van der Waals surface area (Å²) in [5.41, 5.74) is 0.818. The first-order valence-corrected chi connectivity index (χ1v) is 6.54. The van der Waals surface area contributed by atoms with Gasteiger partial charge >= 0.3 is 0 Å². The van der Waals surface area contributed by atoms with E-state index in [2.05, 4.69) is 35.2 Å². The van der Waals surface area contributed by atoms with Crippen molar-refractivity contribution in [3.05, 3.63) is 35.9 Å². The molecule has 2 rings (SSSR count). The Bertz CT molecular complexity index is 342. The molecule has 94 valence electrons. The number of likely N-dealkylation sites (tertiary alicyclic amines) is 1. The SMILES string of the molecule is CC(C)(O)C1CCCN(Cc2ccccc2)C1. The Hall–Kier alpha value is -0.860. The fourth-order valence-electron chi connectivity index (χ4n) is 2.62. The molecule has 17 heavy (non-hydrogen) atoms. The van der Waals surface area contributed by atoms with Crippen LogP contribution in [0.25, 0.3) is 0 Å². The maximum atomic E-state index is 10.1. The fraction of sp³-hybridized carbons (Fsp3) is 0.600. The van der Waals surface area contributed by atoms with Gasteiger partial charge in [-0.05, 0) is 44.7 Å². The molecule has 1 fully saturated rings. The second-order valence-electron chi connectivity index (χ2n) is 5.71. The molecule has 1 unspecified atom stereocenters. The van der Waals surface area contributed by atoms with E-state index in [0.29, 0.717) is 5.92 Å². The smallest absolute Gasteiger partial charge is 0.0632 e. The van der Waals surface area contributed by atoms with Crippen LogP contribution in [0.1, 0.15) is 32.3 Å². The zero-order valence-electron chi connectivity index (χ0n) is 10.9. The number of hydrogen-bond donors (Lipinski definition) is 1. The summed E-state index contributed by atoms with van der Waals surface area (Å²) in [6.45, 7) is 7.04. The van der Waals surface area contributed by atoms with Gasteiger partial charge in [0.2, 0.25) is 0 Å². The highest BCUT2D eigenvalue weighted by molar-refractivity contribution is 5.14. The van der Waals surface area contributed by atoms with E-state index in [9.17, 15) is 5.11 Å². The van der Waals surface area contributed by atoms with Crippen LogP contribution in [-0.4, -0.2) is 28.7 Å². The minimum absolute atomic E-state index is 0.403. The number of piperidine rings is 1. The Labute approximate surface area is 104 Å². The second-order valence-corrected chi connectivity index (χ2v) is 5.71. The minimum Gasteiger partial charge on any atom is -0.390 e. The van der Waals surface area contributed by atoms with Crippen LogP contribution in [0.4, 0.5) is 0 Å². The predicted octanol–water partition coefficient (Wildman–Crippen LogP) is 2.67. The summed E-state index contributed by atoms with van der Waals surface area (Å²) in [6.07, 6.45) is 2.34. The monoisotopic (exact) mass is 233 g/mol. The molecule has 1 aliphatic rings. The summed E-state index contributed by atoms with van der Waals surface area (Å²) in [6, 6.07) is 10.6. The van der Waals surface area contributed by atoms with Crippen molar-refractivity contribution in [1.82, 2.24) is 4.90 Å². The molecule has 1 aromatic rings. The standard InChI is InChI=1S/C15H23NO/c1-15(2,17)14-9-6-10-16(12-14)11-13-7-4-3-5-8-13/h3-5,7-8,14,17H,6,9-12H2,1-2H3. The zero-order valence-corrected chi connectivity index (χ0v) is 10.9. The van der Waals surface area contributed by atoms with Crippen molar-refractivity contribution >= 4 is 0 Å². The molecule has 0 aromatic heterocycles. The summed E-state index contributed by atoms with van der Waals surface area (Å²) < 4.78 is 0. The summed E-state index contributed by atoms with van der Waals surface area (Å²) in [5.74, 6) is 0.403. The van der Waals surface area contributed by atoms with Crippen molar-refractivity contribution < 1.29 is 5.11 Å². The Morgan fingerprint density at radius 3 is 2.65 bits per heavy atom. The van der Waals surface area contributed by atoms with Crippen LogP contribution in [0, 0.1) is 5.92 Å². The Balaban J connectivity index is 1.94. The molecule has 0 amide bonds. The van der Waals surface area contributed by atoms with Gasteiger partial charge in [-0.2, -0.15) is 0 Å². The van der Waals surface area contributed by atoms with Crippen LogP contribution in [-0.2, 0) is 6.54 Å². The molecular formula is C15H23NO. The summed E-state index contributed by atoms with van der Waals surface area (Å²) in [5, 5.41) is 10.1. The molecule has 0 aliphatic carbocycles. The quantitative estimate of drug-likeness (QED) is 0.867. The maximum absolute atomic E-state index is 10.1. The molecular weight excluding hydrogens is 210 g/mol. The summed E-state index contributed by atoms with van der Waals surface area (Å²) in [7, 11) is 0. The summed E-state index contributed by atoms with van der Waals surface area (Å²) in [4.78, 5) is 2.46. The van der Waals surface area contributed by atoms with Crippen LogP contribution in [0.5, 0.6) is 0 Å². The molecule has 1 heterocycles. The molecule has 1 N–H and O–H groups in total. The third kappa shape index (κ3) is 3.55. The fourth-order valence-corrected chi connectivity index (χ4v) is 2.62. The van der Waals surface area contributed by atoms with Gasteiger partial charge in [0.05, 0.1) is 5.60 Å². The van der Waals surface area contributed by atoms with Crippen molar-refractivity contribution in [2.75, 3.05) is 13.1 Å². The van der Waals surface area contributed by atoms with E-state index >= 15 is 0 Å². The van der Waals surface area contributed by atoms with Gasteiger partial charge in [-0.25, -0.2) is 0 Å². The lowest BCUT2D eigenvalue weighted by atomic mass is 9.84. The van der Waals surface area contributed by atoms with Crippen molar-refractivity contribution in [2.45, 2.75) is 38.8 Å². The highest BCUT2D eigenvalue weighted by atomic mass is 16.3. The lowest BCUT2D eigenvalue weighted by Gasteiger charge is -2.38. The van der Waals surface area contributed by atoms with Gasteiger partial charge < -0.3 is 5.11 Å². The van der Waals surface area contributed by atoms with Crippen LogP contribution < -0.4 is 0 Å². The van der Waals surface area contributed by atoms with E-state index < -0.39 is 5.60 Å². The van der Waals surface area contributed by atoms with Gasteiger partial charge in [-0.1, -0.05) is 30.3 Å². The molecule has 0 bridgehead atoms. The molecule has 0 saturated carbocycles. The van der Waals surface area contributed by atoms with Crippen LogP contribution >= 0.6 is 0 Å². The van der Waals surface area contributed by atoms with Crippen molar-refractivity contribution in [3.63, 3.8) is 0 Å². The largest absolute Gasteiger partial charge is 0.390 e. The van der Waals surface area contributed by atoms with Gasteiger partial charge in [0.25, 0.3) is 0 Å². The Morgan fingerprint density at radius 2 is 2.00 bits per heavy atom. The maximum Gasteiger partial charge on any atom is 0.0632 e. The van der Waals surface area contributed by atoms with Crippen LogP contribution in [0.3, 0.4) is 0 Å². The van der Waals surface area contributed by atoms with E-state index in [4.69, 9.17) is 0 Å². The van der Waals surface area contributed by atoms with Crippen LogP contribution in [0.15, 0.2) is 30.3 Å². The number of hydrogen-bond acceptors (Lipinski definition) is 2. The van der Waals surface area contributed by atoms with E-state index in [0.717, 1.165) is 26.1 Å². The Morgan fingerprint density at radius 1 is 1.29 bits per heavy atom. The van der Waals surface area contributed by atoms with Gasteiger partial charge in [0.15, 0.2) is 0 Å². The van der Waals surface area contributed by atoms with Gasteiger partial charge in [0.1, 0.15) is 0 Å². The highest BCUT2D eigenvalue weighted by Crippen LogP contribution is 2.27. The number of nitrogens with zero attached hydrogens (tertiary/aromatic N) is 1. The van der Waals surface area contributed by atoms with Gasteiger partial charge in [-0.15, -0.1) is 0 Å².